The summed E-state index contributed by atoms with van der Waals surface area (Å²) < 4.78 is 92.4. The maximum Gasteiger partial charge on any atom is 0.490 e. The van der Waals surface area contributed by atoms with E-state index in [0.717, 1.165) is 4.90 Å². The Kier molecular flexibility index (Phi) is 6.86. The Hall–Kier alpha value is -3.05. The molecule has 3 amide bonds. The minimum Gasteiger partial charge on any atom is -0.452 e. The number of ether oxygens (including phenoxy) is 2. The highest BCUT2D eigenvalue weighted by atomic mass is 19.4. The third kappa shape index (κ3) is 5.30. The summed E-state index contributed by atoms with van der Waals surface area (Å²) in [6.07, 6.45) is -12.9. The van der Waals surface area contributed by atoms with Gasteiger partial charge in [0.25, 0.3) is 5.91 Å². The summed E-state index contributed by atoms with van der Waals surface area (Å²) in [6.45, 7) is 11.6. The van der Waals surface area contributed by atoms with Gasteiger partial charge in [0.15, 0.2) is 0 Å². The average molecular weight is 608 g/mol. The summed E-state index contributed by atoms with van der Waals surface area (Å²) in [5, 5.41) is 0. The summed E-state index contributed by atoms with van der Waals surface area (Å²) in [4.78, 5) is 57.2. The standard InChI is InChI=1S/C27H31F6N3O6/c1-23(2,3)42-22(40)36(20(38)26(28,29)30)18(19(37)35-16-6-15(16)7-17(35)34-4)24-8-13-5-14(9-24)11-25(10-13,12-24)41-21(39)27(31,32)33/h13-18H,5-12H2,1-3H3/t13?,14?,15?,16?,17-,18+,24?,25?/m0/s1. The van der Waals surface area contributed by atoms with Crippen LogP contribution in [0.15, 0.2) is 0 Å². The molecule has 0 aromatic rings. The summed E-state index contributed by atoms with van der Waals surface area (Å²) in [5.41, 5.74) is -4.78. The Labute approximate surface area is 237 Å². The predicted molar refractivity (Wildman–Crippen MR) is 129 cm³/mol. The van der Waals surface area contributed by atoms with Crippen LogP contribution in [0.3, 0.4) is 0 Å². The second-order valence-electron chi connectivity index (χ2n) is 13.6. The molecule has 0 aromatic heterocycles. The molecule has 9 nitrogen and oxygen atoms in total. The van der Waals surface area contributed by atoms with Crippen LogP contribution >= 0.6 is 0 Å². The van der Waals surface area contributed by atoms with E-state index in [4.69, 9.17) is 16.0 Å². The number of hydrogen-bond acceptors (Lipinski definition) is 6. The van der Waals surface area contributed by atoms with Gasteiger partial charge in [-0.05, 0) is 83.5 Å². The van der Waals surface area contributed by atoms with E-state index in [1.54, 1.807) is 0 Å². The van der Waals surface area contributed by atoms with Gasteiger partial charge in [-0.1, -0.05) is 0 Å². The number of rotatable bonds is 4. The summed E-state index contributed by atoms with van der Waals surface area (Å²) >= 11 is 0. The van der Waals surface area contributed by atoms with E-state index in [2.05, 4.69) is 4.85 Å². The topological polar surface area (TPSA) is 97.6 Å². The Morgan fingerprint density at radius 3 is 2.02 bits per heavy atom. The van der Waals surface area contributed by atoms with E-state index >= 15 is 0 Å². The number of halogens is 6. The Morgan fingerprint density at radius 1 is 0.929 bits per heavy atom. The molecule has 15 heteroatoms. The van der Waals surface area contributed by atoms with Crippen LogP contribution in [-0.2, 0) is 23.9 Å². The minimum atomic E-state index is -5.62. The van der Waals surface area contributed by atoms with Crippen LogP contribution in [0.2, 0.25) is 0 Å². The quantitative estimate of drug-likeness (QED) is 0.254. The van der Waals surface area contributed by atoms with Crippen molar-refractivity contribution in [3.63, 3.8) is 0 Å². The molecule has 0 radical (unpaired) electrons. The fraction of sp³-hybridized carbons (Fsp3) is 0.815. The highest BCUT2D eigenvalue weighted by Crippen LogP contribution is 2.65. The lowest BCUT2D eigenvalue weighted by Crippen LogP contribution is -2.69. The molecule has 42 heavy (non-hydrogen) atoms. The third-order valence-corrected chi connectivity index (χ3v) is 9.20. The van der Waals surface area contributed by atoms with Crippen molar-refractivity contribution in [3.8, 4) is 0 Å². The molecule has 6 atom stereocenters. The minimum absolute atomic E-state index is 0.00667. The van der Waals surface area contributed by atoms with Gasteiger partial charge >= 0.3 is 36.5 Å². The fourth-order valence-electron chi connectivity index (χ4n) is 8.34. The molecule has 232 valence electrons. The maximum atomic E-state index is 14.4. The lowest BCUT2D eigenvalue weighted by atomic mass is 9.45. The van der Waals surface area contributed by atoms with E-state index in [0.29, 0.717) is 12.8 Å². The zero-order valence-electron chi connectivity index (χ0n) is 23.2. The monoisotopic (exact) mass is 607 g/mol. The normalized spacial score (nSPS) is 35.6. The van der Waals surface area contributed by atoms with Gasteiger partial charge < -0.3 is 9.47 Å². The van der Waals surface area contributed by atoms with Gasteiger partial charge in [-0.2, -0.15) is 26.3 Å². The Morgan fingerprint density at radius 2 is 1.52 bits per heavy atom. The lowest BCUT2D eigenvalue weighted by Gasteiger charge is -2.63. The second-order valence-corrected chi connectivity index (χ2v) is 13.6. The van der Waals surface area contributed by atoms with E-state index < -0.39 is 89.4 Å². The number of fused-ring (bicyclic) bond motifs is 1. The van der Waals surface area contributed by atoms with E-state index in [1.165, 1.54) is 20.8 Å². The molecular formula is C27H31F6N3O6. The van der Waals surface area contributed by atoms with Crippen LogP contribution in [-0.4, -0.2) is 75.5 Å². The summed E-state index contributed by atoms with van der Waals surface area (Å²) in [5.74, 6) is -7.09. The number of amides is 3. The molecule has 5 aliphatic carbocycles. The van der Waals surface area contributed by atoms with Crippen LogP contribution in [0, 0.1) is 29.7 Å². The third-order valence-electron chi connectivity index (χ3n) is 9.20. The Balaban J connectivity index is 1.64. The second kappa shape index (κ2) is 9.47. The van der Waals surface area contributed by atoms with Gasteiger partial charge in [0, 0.05) is 17.9 Å². The smallest absolute Gasteiger partial charge is 0.452 e. The number of imide groups is 1. The lowest BCUT2D eigenvalue weighted by molar-refractivity contribution is -0.244. The molecule has 0 N–H and O–H groups in total. The maximum absolute atomic E-state index is 14.4. The zero-order chi connectivity index (χ0) is 31.2. The van der Waals surface area contributed by atoms with Crippen molar-refractivity contribution in [2.24, 2.45) is 23.2 Å². The predicted octanol–water partition coefficient (Wildman–Crippen LogP) is 4.99. The van der Waals surface area contributed by atoms with Crippen LogP contribution in [0.5, 0.6) is 0 Å². The Bertz CT molecular complexity index is 1220. The SMILES string of the molecule is [C-]#[N+][C@@H]1CC2CC2N1C(=O)[C@@H](N(C(=O)OC(C)(C)C)C(=O)C(F)(F)F)C12CC3CC(CC(OC(=O)C(F)(F)F)(C3)C1)C2. The van der Waals surface area contributed by atoms with Gasteiger partial charge in [0.1, 0.15) is 17.2 Å². The molecule has 4 bridgehead atoms. The number of carbonyl (C=O) groups is 4. The van der Waals surface area contributed by atoms with E-state index in [9.17, 15) is 45.5 Å². The van der Waals surface area contributed by atoms with Crippen LogP contribution < -0.4 is 0 Å². The fourth-order valence-corrected chi connectivity index (χ4v) is 8.34. The molecule has 6 aliphatic rings. The zero-order valence-corrected chi connectivity index (χ0v) is 23.2. The van der Waals surface area contributed by atoms with Gasteiger partial charge in [0.2, 0.25) is 0 Å². The number of piperidine rings is 1. The van der Waals surface area contributed by atoms with Crippen LogP contribution in [0.4, 0.5) is 31.1 Å². The summed E-state index contributed by atoms with van der Waals surface area (Å²) in [7, 11) is 0. The van der Waals surface area contributed by atoms with Crippen molar-refractivity contribution < 1.29 is 55.0 Å². The van der Waals surface area contributed by atoms with Crippen LogP contribution in [0.25, 0.3) is 4.85 Å². The highest BCUT2D eigenvalue weighted by Gasteiger charge is 2.69. The van der Waals surface area contributed by atoms with Gasteiger partial charge in [-0.25, -0.2) is 21.1 Å². The van der Waals surface area contributed by atoms with Crippen molar-refractivity contribution in [1.29, 1.82) is 0 Å². The van der Waals surface area contributed by atoms with Crippen LogP contribution in [0.1, 0.15) is 72.1 Å². The first-order valence-corrected chi connectivity index (χ1v) is 13.8. The molecule has 0 spiro atoms. The molecule has 5 saturated carbocycles. The molecule has 6 fully saturated rings. The highest BCUT2D eigenvalue weighted by molar-refractivity contribution is 6.01. The average Bonchev–Trinajstić information content (AvgIpc) is 3.47. The van der Waals surface area contributed by atoms with E-state index in [-0.39, 0.29) is 42.9 Å². The van der Waals surface area contributed by atoms with Gasteiger partial charge in [0.05, 0.1) is 0 Å². The number of nitrogens with zero attached hydrogens (tertiary/aromatic N) is 3. The molecule has 4 unspecified atom stereocenters. The first kappa shape index (κ1) is 30.4. The number of likely N-dealkylation sites (tertiary alicyclic amines) is 1. The molecular weight excluding hydrogens is 576 g/mol. The van der Waals surface area contributed by atoms with Crippen molar-refractivity contribution in [1.82, 2.24) is 9.80 Å². The van der Waals surface area contributed by atoms with Gasteiger partial charge in [-0.3, -0.25) is 19.3 Å². The van der Waals surface area contributed by atoms with Crippen molar-refractivity contribution in [2.75, 3.05) is 0 Å². The number of esters is 1. The van der Waals surface area contributed by atoms with Crippen molar-refractivity contribution >= 4 is 23.9 Å². The van der Waals surface area contributed by atoms with Gasteiger partial charge in [-0.15, -0.1) is 0 Å². The molecule has 1 saturated heterocycles. The molecule has 1 heterocycles. The first-order valence-electron chi connectivity index (χ1n) is 13.8. The van der Waals surface area contributed by atoms with E-state index in [1.807, 2.05) is 0 Å². The number of alkyl halides is 6. The van der Waals surface area contributed by atoms with Crippen molar-refractivity contribution in [3.05, 3.63) is 11.4 Å². The van der Waals surface area contributed by atoms with Crippen molar-refractivity contribution in [2.45, 2.75) is 114 Å². The largest absolute Gasteiger partial charge is 0.490 e. The first-order chi connectivity index (χ1) is 19.2. The summed E-state index contributed by atoms with van der Waals surface area (Å²) in [6, 6.07) is -2.61. The molecule has 1 aliphatic heterocycles. The number of hydrogen-bond donors (Lipinski definition) is 0. The molecule has 6 rings (SSSR count). The number of carbonyl (C=O) groups excluding carboxylic acids is 4. The molecule has 0 aromatic carbocycles.